The molecule has 1 heterocycles. The lowest BCUT2D eigenvalue weighted by atomic mass is 9.76. The molecule has 4 atom stereocenters. The van der Waals surface area contributed by atoms with E-state index in [1.54, 1.807) is 0 Å². The predicted molar refractivity (Wildman–Crippen MR) is 89.4 cm³/mol. The third-order valence-electron chi connectivity index (χ3n) is 5.94. The topological polar surface area (TPSA) is 35.5 Å². The Bertz CT molecular complexity index is 287. The molecule has 1 aliphatic heterocycles. The molecule has 3 heteroatoms. The fourth-order valence-corrected chi connectivity index (χ4v) is 4.41. The van der Waals surface area contributed by atoms with Gasteiger partial charge in [-0.25, -0.2) is 0 Å². The Morgan fingerprint density at radius 2 is 1.86 bits per heavy atom. The Kier molecular flexibility index (Phi) is 6.97. The maximum Gasteiger partial charge on any atom is 0.0541 e. The molecule has 0 aromatic carbocycles. The number of hydrogen-bond acceptors (Lipinski definition) is 3. The van der Waals surface area contributed by atoms with Crippen molar-refractivity contribution in [1.82, 2.24) is 10.2 Å². The average molecular weight is 296 g/mol. The van der Waals surface area contributed by atoms with E-state index in [4.69, 9.17) is 0 Å². The Morgan fingerprint density at radius 3 is 2.43 bits per heavy atom. The quantitative estimate of drug-likeness (QED) is 0.791. The monoisotopic (exact) mass is 296 g/mol. The van der Waals surface area contributed by atoms with Gasteiger partial charge in [-0.05, 0) is 76.4 Å². The standard InChI is InChI=1S/C18H36N2O/c1-4-15-6-7-18(19-5-2)17(12-15)13-20-10-8-16(9-11-20)14(3)21/h14-19,21H,4-13H2,1-3H3. The third-order valence-corrected chi connectivity index (χ3v) is 5.94. The lowest BCUT2D eigenvalue weighted by Crippen LogP contribution is -2.47. The van der Waals surface area contributed by atoms with Crippen LogP contribution in [0.5, 0.6) is 0 Å². The molecule has 3 nitrogen and oxygen atoms in total. The van der Waals surface area contributed by atoms with Crippen LogP contribution in [0, 0.1) is 17.8 Å². The maximum absolute atomic E-state index is 9.73. The molecule has 1 aliphatic carbocycles. The van der Waals surface area contributed by atoms with Crippen LogP contribution >= 0.6 is 0 Å². The molecule has 0 radical (unpaired) electrons. The summed E-state index contributed by atoms with van der Waals surface area (Å²) in [6, 6.07) is 0.729. The summed E-state index contributed by atoms with van der Waals surface area (Å²) in [5, 5.41) is 13.5. The van der Waals surface area contributed by atoms with Crippen LogP contribution in [0.15, 0.2) is 0 Å². The number of rotatable bonds is 6. The fraction of sp³-hybridized carbons (Fsp3) is 1.00. The Hall–Kier alpha value is -0.120. The number of aliphatic hydroxyl groups is 1. The highest BCUT2D eigenvalue weighted by molar-refractivity contribution is 4.87. The number of hydrogen-bond donors (Lipinski definition) is 2. The molecular weight excluding hydrogens is 260 g/mol. The normalized spacial score (nSPS) is 34.0. The summed E-state index contributed by atoms with van der Waals surface area (Å²) in [7, 11) is 0. The first-order chi connectivity index (χ1) is 10.1. The van der Waals surface area contributed by atoms with E-state index in [0.29, 0.717) is 5.92 Å². The Labute approximate surface area is 131 Å². The van der Waals surface area contributed by atoms with Crippen molar-refractivity contribution in [3.8, 4) is 0 Å². The average Bonchev–Trinajstić information content (AvgIpc) is 2.49. The van der Waals surface area contributed by atoms with Gasteiger partial charge < -0.3 is 15.3 Å². The number of aliphatic hydroxyl groups excluding tert-OH is 1. The lowest BCUT2D eigenvalue weighted by molar-refractivity contribution is 0.0564. The largest absolute Gasteiger partial charge is 0.393 e. The molecule has 0 aromatic rings. The van der Waals surface area contributed by atoms with Gasteiger partial charge in [0.05, 0.1) is 6.10 Å². The third kappa shape index (κ3) is 4.94. The van der Waals surface area contributed by atoms with Gasteiger partial charge in [0, 0.05) is 12.6 Å². The molecule has 0 aromatic heterocycles. The molecule has 2 aliphatic rings. The van der Waals surface area contributed by atoms with Crippen LogP contribution < -0.4 is 5.32 Å². The zero-order chi connectivity index (χ0) is 15.2. The van der Waals surface area contributed by atoms with Crippen LogP contribution in [0.1, 0.15) is 59.3 Å². The number of piperidine rings is 1. The first-order valence-electron chi connectivity index (χ1n) is 9.27. The summed E-state index contributed by atoms with van der Waals surface area (Å²) >= 11 is 0. The summed E-state index contributed by atoms with van der Waals surface area (Å²) in [5.74, 6) is 2.30. The Balaban J connectivity index is 1.83. The number of nitrogens with zero attached hydrogens (tertiary/aromatic N) is 1. The van der Waals surface area contributed by atoms with Crippen LogP contribution in [0.25, 0.3) is 0 Å². The van der Waals surface area contributed by atoms with Crippen molar-refractivity contribution < 1.29 is 5.11 Å². The van der Waals surface area contributed by atoms with Crippen LogP contribution in [0.4, 0.5) is 0 Å². The summed E-state index contributed by atoms with van der Waals surface area (Å²) < 4.78 is 0. The van der Waals surface area contributed by atoms with Gasteiger partial charge in [-0.15, -0.1) is 0 Å². The SMILES string of the molecule is CCNC1CCC(CC)CC1CN1CCC(C(C)O)CC1. The minimum Gasteiger partial charge on any atom is -0.393 e. The molecule has 21 heavy (non-hydrogen) atoms. The second-order valence-electron chi connectivity index (χ2n) is 7.39. The molecule has 1 saturated heterocycles. The second-order valence-corrected chi connectivity index (χ2v) is 7.39. The second kappa shape index (κ2) is 8.50. The van der Waals surface area contributed by atoms with E-state index < -0.39 is 0 Å². The van der Waals surface area contributed by atoms with Crippen molar-refractivity contribution in [3.63, 3.8) is 0 Å². The zero-order valence-electron chi connectivity index (χ0n) is 14.4. The van der Waals surface area contributed by atoms with Crippen molar-refractivity contribution in [1.29, 1.82) is 0 Å². The fourth-order valence-electron chi connectivity index (χ4n) is 4.41. The van der Waals surface area contributed by atoms with E-state index in [9.17, 15) is 5.11 Å². The van der Waals surface area contributed by atoms with Crippen molar-refractivity contribution >= 4 is 0 Å². The molecule has 1 saturated carbocycles. The van der Waals surface area contributed by atoms with Gasteiger partial charge in [0.15, 0.2) is 0 Å². The minimum absolute atomic E-state index is 0.124. The van der Waals surface area contributed by atoms with Gasteiger partial charge in [-0.3, -0.25) is 0 Å². The molecular formula is C18H36N2O. The maximum atomic E-state index is 9.73. The molecule has 2 fully saturated rings. The summed E-state index contributed by atoms with van der Waals surface area (Å²) in [6.45, 7) is 11.3. The van der Waals surface area contributed by atoms with E-state index in [2.05, 4.69) is 24.1 Å². The van der Waals surface area contributed by atoms with Crippen molar-refractivity contribution in [2.75, 3.05) is 26.2 Å². The van der Waals surface area contributed by atoms with E-state index in [0.717, 1.165) is 24.4 Å². The summed E-state index contributed by atoms with van der Waals surface area (Å²) in [6.07, 6.45) is 7.75. The van der Waals surface area contributed by atoms with Crippen molar-refractivity contribution in [2.24, 2.45) is 17.8 Å². The molecule has 2 rings (SSSR count). The van der Waals surface area contributed by atoms with Crippen LogP contribution in [-0.4, -0.2) is 48.3 Å². The van der Waals surface area contributed by atoms with Crippen LogP contribution in [0.3, 0.4) is 0 Å². The minimum atomic E-state index is -0.124. The van der Waals surface area contributed by atoms with E-state index in [-0.39, 0.29) is 6.10 Å². The van der Waals surface area contributed by atoms with Gasteiger partial charge in [-0.1, -0.05) is 20.3 Å². The molecule has 0 bridgehead atoms. The molecule has 4 unspecified atom stereocenters. The molecule has 0 spiro atoms. The Morgan fingerprint density at radius 1 is 1.14 bits per heavy atom. The van der Waals surface area contributed by atoms with Crippen molar-refractivity contribution in [2.45, 2.75) is 71.4 Å². The zero-order valence-corrected chi connectivity index (χ0v) is 14.4. The van der Waals surface area contributed by atoms with E-state index in [1.165, 1.54) is 58.2 Å². The first-order valence-corrected chi connectivity index (χ1v) is 9.27. The van der Waals surface area contributed by atoms with Gasteiger partial charge in [0.2, 0.25) is 0 Å². The van der Waals surface area contributed by atoms with E-state index >= 15 is 0 Å². The first kappa shape index (κ1) is 17.2. The van der Waals surface area contributed by atoms with Gasteiger partial charge in [0.25, 0.3) is 0 Å². The van der Waals surface area contributed by atoms with Gasteiger partial charge in [0.1, 0.15) is 0 Å². The van der Waals surface area contributed by atoms with Crippen LogP contribution in [-0.2, 0) is 0 Å². The number of nitrogens with one attached hydrogen (secondary N) is 1. The highest BCUT2D eigenvalue weighted by Gasteiger charge is 2.32. The van der Waals surface area contributed by atoms with Gasteiger partial charge >= 0.3 is 0 Å². The smallest absolute Gasteiger partial charge is 0.0541 e. The van der Waals surface area contributed by atoms with Crippen molar-refractivity contribution in [3.05, 3.63) is 0 Å². The summed E-state index contributed by atoms with van der Waals surface area (Å²) in [4.78, 5) is 2.66. The highest BCUT2D eigenvalue weighted by Crippen LogP contribution is 2.33. The van der Waals surface area contributed by atoms with E-state index in [1.807, 2.05) is 6.92 Å². The highest BCUT2D eigenvalue weighted by atomic mass is 16.3. The molecule has 0 amide bonds. The lowest BCUT2D eigenvalue weighted by Gasteiger charge is -2.41. The van der Waals surface area contributed by atoms with Gasteiger partial charge in [-0.2, -0.15) is 0 Å². The molecule has 2 N–H and O–H groups in total. The van der Waals surface area contributed by atoms with Crippen LogP contribution in [0.2, 0.25) is 0 Å². The molecule has 124 valence electrons. The number of likely N-dealkylation sites (tertiary alicyclic amines) is 1. The summed E-state index contributed by atoms with van der Waals surface area (Å²) in [5.41, 5.74) is 0. The predicted octanol–water partition coefficient (Wildman–Crippen LogP) is 2.88.